The zero-order valence-corrected chi connectivity index (χ0v) is 16.1. The number of anilines is 1. The Morgan fingerprint density at radius 2 is 1.96 bits per heavy atom. The fraction of sp³-hybridized carbons (Fsp3) is 0.526. The molecule has 1 fully saturated rings. The van der Waals surface area contributed by atoms with E-state index in [-0.39, 0.29) is 11.7 Å². The maximum atomic E-state index is 13.0. The van der Waals surface area contributed by atoms with Gasteiger partial charge in [0.2, 0.25) is 11.0 Å². The molecule has 0 aliphatic carbocycles. The molecule has 140 valence electrons. The predicted molar refractivity (Wildman–Crippen MR) is 102 cm³/mol. The van der Waals surface area contributed by atoms with Gasteiger partial charge >= 0.3 is 0 Å². The summed E-state index contributed by atoms with van der Waals surface area (Å²) in [7, 11) is 0. The van der Waals surface area contributed by atoms with Crippen molar-refractivity contribution in [2.45, 2.75) is 45.6 Å². The molecular weight excluding hydrogens is 351 g/mol. The number of hydrogen-bond acceptors (Lipinski definition) is 5. The van der Waals surface area contributed by atoms with Crippen LogP contribution in [0.15, 0.2) is 24.3 Å². The minimum absolute atomic E-state index is 0.230. The van der Waals surface area contributed by atoms with E-state index in [1.54, 1.807) is 12.1 Å². The lowest BCUT2D eigenvalue weighted by atomic mass is 10.0. The Labute approximate surface area is 157 Å². The normalized spacial score (nSPS) is 15.5. The van der Waals surface area contributed by atoms with E-state index >= 15 is 0 Å². The van der Waals surface area contributed by atoms with Crippen LogP contribution in [-0.2, 0) is 11.2 Å². The number of halogens is 1. The molecule has 0 bridgehead atoms. The highest BCUT2D eigenvalue weighted by Gasteiger charge is 2.23. The first-order chi connectivity index (χ1) is 12.5. The summed E-state index contributed by atoms with van der Waals surface area (Å²) < 4.78 is 13.0. The van der Waals surface area contributed by atoms with Crippen LogP contribution in [0.2, 0.25) is 0 Å². The van der Waals surface area contributed by atoms with E-state index < -0.39 is 0 Å². The van der Waals surface area contributed by atoms with Crippen LogP contribution in [0.3, 0.4) is 0 Å². The minimum Gasteiger partial charge on any atom is -0.357 e. The number of nitrogens with one attached hydrogen (secondary N) is 1. The molecule has 1 saturated heterocycles. The van der Waals surface area contributed by atoms with Crippen LogP contribution < -0.4 is 5.32 Å². The highest BCUT2D eigenvalue weighted by Crippen LogP contribution is 2.22. The van der Waals surface area contributed by atoms with E-state index in [0.29, 0.717) is 24.8 Å². The van der Waals surface area contributed by atoms with Gasteiger partial charge in [0.1, 0.15) is 10.8 Å². The molecule has 1 aromatic heterocycles. The van der Waals surface area contributed by atoms with Crippen LogP contribution in [0.25, 0.3) is 0 Å². The highest BCUT2D eigenvalue weighted by atomic mass is 32.1. The Kier molecular flexibility index (Phi) is 6.19. The number of amides is 1. The second-order valence-corrected chi connectivity index (χ2v) is 8.26. The van der Waals surface area contributed by atoms with Gasteiger partial charge in [0.25, 0.3) is 0 Å². The van der Waals surface area contributed by atoms with Crippen molar-refractivity contribution in [1.82, 2.24) is 15.1 Å². The number of aromatic nitrogens is 2. The number of nitrogens with zero attached hydrogens (tertiary/aromatic N) is 3. The average molecular weight is 377 g/mol. The molecule has 1 aromatic carbocycles. The third kappa shape index (κ3) is 5.24. The molecule has 0 spiro atoms. The largest absolute Gasteiger partial charge is 0.357 e. The molecule has 2 aromatic rings. The first kappa shape index (κ1) is 18.8. The second-order valence-electron chi connectivity index (χ2n) is 7.20. The van der Waals surface area contributed by atoms with Gasteiger partial charge in [-0.3, -0.25) is 4.79 Å². The number of benzene rings is 1. The first-order valence-electron chi connectivity index (χ1n) is 9.10. The summed E-state index contributed by atoms with van der Waals surface area (Å²) in [4.78, 5) is 14.1. The quantitative estimate of drug-likeness (QED) is 0.835. The van der Waals surface area contributed by atoms with Gasteiger partial charge in [-0.1, -0.05) is 37.3 Å². The molecule has 1 amide bonds. The third-order valence-corrected chi connectivity index (χ3v) is 5.35. The molecule has 1 N–H and O–H groups in total. The molecule has 1 aliphatic rings. The van der Waals surface area contributed by atoms with Crippen LogP contribution in [0.5, 0.6) is 0 Å². The van der Waals surface area contributed by atoms with E-state index in [4.69, 9.17) is 0 Å². The van der Waals surface area contributed by atoms with Crippen molar-refractivity contribution < 1.29 is 9.18 Å². The molecule has 2 heterocycles. The van der Waals surface area contributed by atoms with Crippen LogP contribution in [0.1, 0.15) is 43.7 Å². The number of piperidine rings is 1. The van der Waals surface area contributed by atoms with Crippen molar-refractivity contribution in [3.8, 4) is 0 Å². The second kappa shape index (κ2) is 8.58. The van der Waals surface area contributed by atoms with Gasteiger partial charge < -0.3 is 10.2 Å². The maximum absolute atomic E-state index is 13.0. The lowest BCUT2D eigenvalue weighted by molar-refractivity contribution is -0.132. The minimum atomic E-state index is -0.230. The monoisotopic (exact) mass is 376 g/mol. The van der Waals surface area contributed by atoms with Gasteiger partial charge in [-0.05, 0) is 36.5 Å². The van der Waals surface area contributed by atoms with Gasteiger partial charge in [-0.2, -0.15) is 0 Å². The average Bonchev–Trinajstić information content (AvgIpc) is 3.04. The lowest BCUT2D eigenvalue weighted by Crippen LogP contribution is -2.42. The molecule has 3 rings (SSSR count). The van der Waals surface area contributed by atoms with Crippen molar-refractivity contribution in [2.75, 3.05) is 18.4 Å². The summed E-state index contributed by atoms with van der Waals surface area (Å²) in [6.45, 7) is 5.74. The summed E-state index contributed by atoms with van der Waals surface area (Å²) in [6.07, 6.45) is 3.14. The van der Waals surface area contributed by atoms with Crippen molar-refractivity contribution in [1.29, 1.82) is 0 Å². The van der Waals surface area contributed by atoms with Gasteiger partial charge in [0.05, 0.1) is 0 Å². The van der Waals surface area contributed by atoms with Gasteiger partial charge in [0.15, 0.2) is 0 Å². The number of likely N-dealkylation sites (tertiary alicyclic amines) is 1. The SMILES string of the molecule is CC(C)CC(=O)N1CCC(Nc2nnc(Cc3ccc(F)cc3)s2)CC1. The topological polar surface area (TPSA) is 58.1 Å². The number of hydrogen-bond donors (Lipinski definition) is 1. The van der Waals surface area contributed by atoms with Crippen LogP contribution in [-0.4, -0.2) is 40.1 Å². The van der Waals surface area contributed by atoms with Crippen molar-refractivity contribution in [3.63, 3.8) is 0 Å². The molecule has 26 heavy (non-hydrogen) atoms. The summed E-state index contributed by atoms with van der Waals surface area (Å²) >= 11 is 1.53. The summed E-state index contributed by atoms with van der Waals surface area (Å²) in [5.74, 6) is 0.432. The molecule has 0 saturated carbocycles. The number of rotatable bonds is 6. The molecular formula is C19H25FN4OS. The maximum Gasteiger partial charge on any atom is 0.222 e. The standard InChI is InChI=1S/C19H25FN4OS/c1-13(2)11-18(25)24-9-7-16(8-10-24)21-19-23-22-17(26-19)12-14-3-5-15(20)6-4-14/h3-6,13,16H,7-12H2,1-2H3,(H,21,23). The van der Waals surface area contributed by atoms with Crippen LogP contribution >= 0.6 is 11.3 Å². The number of carbonyl (C=O) groups excluding carboxylic acids is 1. The zero-order chi connectivity index (χ0) is 18.5. The molecule has 0 atom stereocenters. The molecule has 5 nitrogen and oxygen atoms in total. The summed E-state index contributed by atoms with van der Waals surface area (Å²) in [6, 6.07) is 6.79. The van der Waals surface area contributed by atoms with Crippen molar-refractivity contribution in [3.05, 3.63) is 40.7 Å². The molecule has 7 heteroatoms. The predicted octanol–water partition coefficient (Wildman–Crippen LogP) is 3.72. The molecule has 0 unspecified atom stereocenters. The Morgan fingerprint density at radius 3 is 2.62 bits per heavy atom. The zero-order valence-electron chi connectivity index (χ0n) is 15.2. The van der Waals surface area contributed by atoms with E-state index in [9.17, 15) is 9.18 Å². The van der Waals surface area contributed by atoms with Gasteiger partial charge in [-0.15, -0.1) is 10.2 Å². The Bertz CT molecular complexity index is 723. The number of carbonyl (C=O) groups is 1. The van der Waals surface area contributed by atoms with E-state index in [2.05, 4.69) is 29.4 Å². The van der Waals surface area contributed by atoms with Crippen molar-refractivity contribution >= 4 is 22.4 Å². The highest BCUT2D eigenvalue weighted by molar-refractivity contribution is 7.15. The van der Waals surface area contributed by atoms with E-state index in [1.165, 1.54) is 23.5 Å². The summed E-state index contributed by atoms with van der Waals surface area (Å²) in [5.41, 5.74) is 1.02. The van der Waals surface area contributed by atoms with Gasteiger partial charge in [-0.25, -0.2) is 4.39 Å². The Hall–Kier alpha value is -2.02. The Balaban J connectivity index is 1.48. The Morgan fingerprint density at radius 1 is 1.27 bits per heavy atom. The lowest BCUT2D eigenvalue weighted by Gasteiger charge is -2.32. The van der Waals surface area contributed by atoms with Crippen LogP contribution in [0, 0.1) is 11.7 Å². The fourth-order valence-corrected chi connectivity index (χ4v) is 3.94. The smallest absolute Gasteiger partial charge is 0.222 e. The van der Waals surface area contributed by atoms with Crippen LogP contribution in [0.4, 0.5) is 9.52 Å². The molecule has 1 aliphatic heterocycles. The fourth-order valence-electron chi connectivity index (χ4n) is 3.09. The third-order valence-electron chi connectivity index (χ3n) is 4.49. The van der Waals surface area contributed by atoms with E-state index in [1.807, 2.05) is 4.90 Å². The van der Waals surface area contributed by atoms with Gasteiger partial charge in [0, 0.05) is 32.0 Å². The summed E-state index contributed by atoms with van der Waals surface area (Å²) in [5, 5.41) is 13.6. The van der Waals surface area contributed by atoms with E-state index in [0.717, 1.165) is 41.6 Å². The molecule has 0 radical (unpaired) electrons. The van der Waals surface area contributed by atoms with Crippen molar-refractivity contribution in [2.24, 2.45) is 5.92 Å². The first-order valence-corrected chi connectivity index (χ1v) is 9.92.